The van der Waals surface area contributed by atoms with Gasteiger partial charge in [0.15, 0.2) is 0 Å². The first-order chi connectivity index (χ1) is 11.4. The number of benzene rings is 1. The summed E-state index contributed by atoms with van der Waals surface area (Å²) in [6, 6.07) is 14.4. The molecule has 0 saturated carbocycles. The van der Waals surface area contributed by atoms with Gasteiger partial charge in [0, 0.05) is 11.8 Å². The van der Waals surface area contributed by atoms with Crippen molar-refractivity contribution in [1.29, 1.82) is 0 Å². The lowest BCUT2D eigenvalue weighted by Crippen LogP contribution is -1.99. The van der Waals surface area contributed by atoms with E-state index >= 15 is 0 Å². The molecule has 0 saturated heterocycles. The Hall–Kier alpha value is -2.79. The van der Waals surface area contributed by atoms with Crippen LogP contribution in [0.4, 0.5) is 0 Å². The Morgan fingerprint density at radius 2 is 1.78 bits per heavy atom. The van der Waals surface area contributed by atoms with Gasteiger partial charge in [-0.2, -0.15) is 5.10 Å². The van der Waals surface area contributed by atoms with Gasteiger partial charge in [-0.05, 0) is 17.0 Å². The summed E-state index contributed by atoms with van der Waals surface area (Å²) in [7, 11) is 0. The van der Waals surface area contributed by atoms with Gasteiger partial charge in [0.05, 0.1) is 41.4 Å². The highest BCUT2D eigenvalue weighted by atomic mass is 32.1. The van der Waals surface area contributed by atoms with Crippen molar-refractivity contribution in [3.63, 3.8) is 0 Å². The van der Waals surface area contributed by atoms with Crippen molar-refractivity contribution < 1.29 is 0 Å². The molecule has 0 radical (unpaired) electrons. The van der Waals surface area contributed by atoms with Crippen LogP contribution in [0.15, 0.2) is 72.6 Å². The van der Waals surface area contributed by atoms with Crippen LogP contribution in [0.3, 0.4) is 0 Å². The number of rotatable bonds is 4. The smallest absolute Gasteiger partial charge is 0.0992 e. The van der Waals surface area contributed by atoms with E-state index in [2.05, 4.69) is 28.3 Å². The average molecular weight is 318 g/mol. The minimum absolute atomic E-state index is 0.749. The molecule has 1 aromatic carbocycles. The van der Waals surface area contributed by atoms with Gasteiger partial charge in [-0.3, -0.25) is 9.67 Å². The lowest BCUT2D eigenvalue weighted by Gasteiger charge is -2.01. The Labute approximate surface area is 138 Å². The van der Waals surface area contributed by atoms with Crippen LogP contribution < -0.4 is 0 Å². The molecule has 4 rings (SSSR count). The summed E-state index contributed by atoms with van der Waals surface area (Å²) in [5.74, 6) is 0. The highest BCUT2D eigenvalue weighted by Gasteiger charge is 2.07. The van der Waals surface area contributed by atoms with Crippen LogP contribution in [-0.2, 0) is 6.54 Å². The molecule has 0 unspecified atom stereocenters. The normalized spacial score (nSPS) is 10.8. The van der Waals surface area contributed by atoms with Crippen LogP contribution in [0, 0.1) is 0 Å². The van der Waals surface area contributed by atoms with Crippen LogP contribution in [0.2, 0.25) is 0 Å². The molecule has 0 N–H and O–H groups in total. The van der Waals surface area contributed by atoms with Crippen molar-refractivity contribution in [3.05, 3.63) is 78.2 Å². The molecule has 0 atom stereocenters. The van der Waals surface area contributed by atoms with Crippen LogP contribution in [0.1, 0.15) is 5.56 Å². The molecule has 4 nitrogen and oxygen atoms in total. The molecule has 4 aromatic rings. The van der Waals surface area contributed by atoms with E-state index in [4.69, 9.17) is 4.98 Å². The fraction of sp³-hybridized carbons (Fsp3) is 0.0556. The molecular formula is C18H14N4S. The fourth-order valence-corrected chi connectivity index (χ4v) is 3.08. The highest BCUT2D eigenvalue weighted by Crippen LogP contribution is 2.24. The predicted octanol–water partition coefficient (Wildman–Crippen LogP) is 4.12. The molecule has 5 heteroatoms. The van der Waals surface area contributed by atoms with Gasteiger partial charge in [-0.1, -0.05) is 36.4 Å². The summed E-state index contributed by atoms with van der Waals surface area (Å²) in [6.45, 7) is 0.749. The molecule has 0 fully saturated rings. The van der Waals surface area contributed by atoms with E-state index in [0.717, 1.165) is 28.4 Å². The molecule has 112 valence electrons. The van der Waals surface area contributed by atoms with Crippen molar-refractivity contribution in [2.75, 3.05) is 0 Å². The van der Waals surface area contributed by atoms with Crippen molar-refractivity contribution >= 4 is 11.3 Å². The van der Waals surface area contributed by atoms with Crippen molar-refractivity contribution in [2.24, 2.45) is 0 Å². The lowest BCUT2D eigenvalue weighted by atomic mass is 10.2. The molecule has 0 amide bonds. The van der Waals surface area contributed by atoms with Crippen LogP contribution >= 0.6 is 11.3 Å². The third kappa shape index (κ3) is 3.05. The molecular weight excluding hydrogens is 304 g/mol. The SMILES string of the molecule is c1ccc(Cn2cc(-c3cncc(-c4cccs4)n3)cn2)cc1. The van der Waals surface area contributed by atoms with Gasteiger partial charge in [0.25, 0.3) is 0 Å². The standard InChI is InChI=1S/C18H14N4S/c1-2-5-14(6-3-1)12-22-13-15(9-20-22)16-10-19-11-17(21-16)18-7-4-8-23-18/h1-11,13H,12H2. The molecule has 0 spiro atoms. The maximum absolute atomic E-state index is 4.70. The van der Waals surface area contributed by atoms with E-state index in [1.165, 1.54) is 5.56 Å². The fourth-order valence-electron chi connectivity index (χ4n) is 2.40. The van der Waals surface area contributed by atoms with Gasteiger partial charge >= 0.3 is 0 Å². The Kier molecular flexibility index (Phi) is 3.70. The van der Waals surface area contributed by atoms with Crippen molar-refractivity contribution in [2.45, 2.75) is 6.54 Å². The third-order valence-corrected chi connectivity index (χ3v) is 4.42. The topological polar surface area (TPSA) is 43.6 Å². The van der Waals surface area contributed by atoms with Crippen molar-refractivity contribution in [1.82, 2.24) is 19.7 Å². The first-order valence-electron chi connectivity index (χ1n) is 7.31. The first kappa shape index (κ1) is 13.8. The Morgan fingerprint density at radius 3 is 2.61 bits per heavy atom. The summed E-state index contributed by atoms with van der Waals surface area (Å²) in [6.07, 6.45) is 7.42. The second-order valence-electron chi connectivity index (χ2n) is 5.18. The van der Waals surface area contributed by atoms with E-state index in [0.29, 0.717) is 0 Å². The summed E-state index contributed by atoms with van der Waals surface area (Å²) >= 11 is 1.66. The van der Waals surface area contributed by atoms with Gasteiger partial charge in [-0.25, -0.2) is 4.98 Å². The minimum atomic E-state index is 0.749. The zero-order chi connectivity index (χ0) is 15.5. The second-order valence-corrected chi connectivity index (χ2v) is 6.13. The molecule has 3 heterocycles. The molecule has 23 heavy (non-hydrogen) atoms. The van der Waals surface area contributed by atoms with E-state index in [1.807, 2.05) is 46.7 Å². The quantitative estimate of drug-likeness (QED) is 0.568. The minimum Gasteiger partial charge on any atom is -0.268 e. The van der Waals surface area contributed by atoms with Gasteiger partial charge in [0.1, 0.15) is 0 Å². The van der Waals surface area contributed by atoms with E-state index in [9.17, 15) is 0 Å². The number of aromatic nitrogens is 4. The number of hydrogen-bond acceptors (Lipinski definition) is 4. The zero-order valence-corrected chi connectivity index (χ0v) is 13.1. The summed E-state index contributed by atoms with van der Waals surface area (Å²) in [5, 5.41) is 6.47. The summed E-state index contributed by atoms with van der Waals surface area (Å²) in [4.78, 5) is 10.1. The Morgan fingerprint density at radius 1 is 0.913 bits per heavy atom. The van der Waals surface area contributed by atoms with Crippen LogP contribution in [0.5, 0.6) is 0 Å². The molecule has 0 aliphatic rings. The van der Waals surface area contributed by atoms with Gasteiger partial charge < -0.3 is 0 Å². The molecule has 0 aliphatic heterocycles. The van der Waals surface area contributed by atoms with E-state index in [1.54, 1.807) is 23.7 Å². The van der Waals surface area contributed by atoms with Gasteiger partial charge in [0.2, 0.25) is 0 Å². The van der Waals surface area contributed by atoms with E-state index < -0.39 is 0 Å². The zero-order valence-electron chi connectivity index (χ0n) is 12.3. The molecule has 0 bridgehead atoms. The highest BCUT2D eigenvalue weighted by molar-refractivity contribution is 7.13. The van der Waals surface area contributed by atoms with Crippen LogP contribution in [0.25, 0.3) is 21.8 Å². The number of nitrogens with zero attached hydrogens (tertiary/aromatic N) is 4. The van der Waals surface area contributed by atoms with Crippen molar-refractivity contribution in [3.8, 4) is 21.8 Å². The Balaban J connectivity index is 1.61. The monoisotopic (exact) mass is 318 g/mol. The van der Waals surface area contributed by atoms with Gasteiger partial charge in [-0.15, -0.1) is 11.3 Å². The molecule has 3 aromatic heterocycles. The summed E-state index contributed by atoms with van der Waals surface area (Å²) in [5.41, 5.74) is 3.94. The predicted molar refractivity (Wildman–Crippen MR) is 92.1 cm³/mol. The number of hydrogen-bond donors (Lipinski definition) is 0. The lowest BCUT2D eigenvalue weighted by molar-refractivity contribution is 0.687. The first-order valence-corrected chi connectivity index (χ1v) is 8.19. The average Bonchev–Trinajstić information content (AvgIpc) is 3.28. The second kappa shape index (κ2) is 6.14. The Bertz CT molecular complexity index is 898. The maximum Gasteiger partial charge on any atom is 0.0992 e. The summed E-state index contributed by atoms with van der Waals surface area (Å²) < 4.78 is 1.92. The van der Waals surface area contributed by atoms with E-state index in [-0.39, 0.29) is 0 Å². The maximum atomic E-state index is 4.70. The third-order valence-electron chi connectivity index (χ3n) is 3.52. The van der Waals surface area contributed by atoms with Crippen LogP contribution in [-0.4, -0.2) is 19.7 Å². The number of thiophene rings is 1. The molecule has 0 aliphatic carbocycles. The largest absolute Gasteiger partial charge is 0.268 e.